The molecular formula is C10H6BrNOS. The number of fused-ring (bicyclic) bond motifs is 1. The zero-order valence-electron chi connectivity index (χ0n) is 7.12. The van der Waals surface area contributed by atoms with Crippen LogP contribution in [0, 0.1) is 11.3 Å². The maximum atomic E-state index is 9.51. The second-order valence-corrected chi connectivity index (χ2v) is 4.34. The van der Waals surface area contributed by atoms with Crippen molar-refractivity contribution in [2.75, 3.05) is 0 Å². The zero-order valence-corrected chi connectivity index (χ0v) is 9.52. The van der Waals surface area contributed by atoms with Gasteiger partial charge in [0.25, 0.3) is 0 Å². The lowest BCUT2D eigenvalue weighted by Crippen LogP contribution is -1.77. The Morgan fingerprint density at radius 2 is 2.29 bits per heavy atom. The summed E-state index contributed by atoms with van der Waals surface area (Å²) in [5, 5.41) is 22.0. The van der Waals surface area contributed by atoms with E-state index < -0.39 is 0 Å². The third-order valence-corrected chi connectivity index (χ3v) is 3.63. The number of nitrogens with zero attached hydrogens (tertiary/aromatic N) is 1. The molecule has 0 aliphatic heterocycles. The summed E-state index contributed by atoms with van der Waals surface area (Å²) < 4.78 is 1.04. The molecule has 1 heterocycles. The summed E-state index contributed by atoms with van der Waals surface area (Å²) in [5.74, 6) is 0.0561. The highest BCUT2D eigenvalue weighted by Crippen LogP contribution is 2.32. The average Bonchev–Trinajstić information content (AvgIpc) is 2.58. The molecule has 14 heavy (non-hydrogen) atoms. The lowest BCUT2D eigenvalue weighted by molar-refractivity contribution is 0.474. The van der Waals surface area contributed by atoms with Crippen LogP contribution in [0.5, 0.6) is 5.75 Å². The van der Waals surface area contributed by atoms with Gasteiger partial charge in [0.05, 0.1) is 5.56 Å². The van der Waals surface area contributed by atoms with Crippen molar-refractivity contribution in [3.05, 3.63) is 28.6 Å². The van der Waals surface area contributed by atoms with E-state index in [2.05, 4.69) is 15.9 Å². The largest absolute Gasteiger partial charge is 0.507 e. The molecular weight excluding hydrogens is 262 g/mol. The fraction of sp³-hybridized carbons (Fsp3) is 0.100. The molecule has 2 nitrogen and oxygen atoms in total. The Balaban J connectivity index is 2.77. The normalized spacial score (nSPS) is 10.3. The van der Waals surface area contributed by atoms with Crippen molar-refractivity contribution in [1.82, 2.24) is 0 Å². The van der Waals surface area contributed by atoms with Crippen LogP contribution >= 0.6 is 27.3 Å². The first-order valence-electron chi connectivity index (χ1n) is 3.95. The van der Waals surface area contributed by atoms with Crippen LogP contribution in [0.3, 0.4) is 0 Å². The molecule has 70 valence electrons. The van der Waals surface area contributed by atoms with Gasteiger partial charge in [-0.05, 0) is 23.1 Å². The van der Waals surface area contributed by atoms with E-state index in [1.807, 2.05) is 11.4 Å². The highest BCUT2D eigenvalue weighted by Gasteiger charge is 2.07. The van der Waals surface area contributed by atoms with Crippen molar-refractivity contribution in [2.45, 2.75) is 5.33 Å². The van der Waals surface area contributed by atoms with Gasteiger partial charge in [-0.2, -0.15) is 5.26 Å². The third-order valence-electron chi connectivity index (χ3n) is 2.04. The summed E-state index contributed by atoms with van der Waals surface area (Å²) in [6, 6.07) is 5.34. The molecule has 0 saturated carbocycles. The fourth-order valence-electron chi connectivity index (χ4n) is 1.31. The Labute approximate surface area is 93.5 Å². The summed E-state index contributed by atoms with van der Waals surface area (Å²) in [6.07, 6.45) is 0. The third kappa shape index (κ3) is 1.39. The van der Waals surface area contributed by atoms with E-state index in [9.17, 15) is 5.11 Å². The van der Waals surface area contributed by atoms with E-state index in [4.69, 9.17) is 5.26 Å². The number of hydrogen-bond acceptors (Lipinski definition) is 3. The van der Waals surface area contributed by atoms with Crippen LogP contribution < -0.4 is 0 Å². The van der Waals surface area contributed by atoms with Crippen LogP contribution in [0.1, 0.15) is 11.1 Å². The summed E-state index contributed by atoms with van der Waals surface area (Å²) >= 11 is 4.96. The Bertz CT molecular complexity index is 527. The fourth-order valence-corrected chi connectivity index (χ4v) is 2.97. The first-order valence-corrected chi connectivity index (χ1v) is 5.95. The van der Waals surface area contributed by atoms with Crippen LogP contribution in [-0.4, -0.2) is 5.11 Å². The number of nitriles is 1. The van der Waals surface area contributed by atoms with Crippen molar-refractivity contribution in [3.63, 3.8) is 0 Å². The van der Waals surface area contributed by atoms with E-state index in [1.165, 1.54) is 0 Å². The van der Waals surface area contributed by atoms with Crippen LogP contribution in [0.15, 0.2) is 17.5 Å². The Hall–Kier alpha value is -1.05. The Kier molecular flexibility index (Phi) is 2.44. The number of alkyl halides is 1. The minimum absolute atomic E-state index is 0.0561. The molecule has 0 fully saturated rings. The van der Waals surface area contributed by atoms with Crippen molar-refractivity contribution in [3.8, 4) is 11.8 Å². The molecule has 0 amide bonds. The van der Waals surface area contributed by atoms with Crippen molar-refractivity contribution < 1.29 is 5.11 Å². The highest BCUT2D eigenvalue weighted by molar-refractivity contribution is 9.08. The van der Waals surface area contributed by atoms with Gasteiger partial charge < -0.3 is 5.11 Å². The molecule has 0 saturated heterocycles. The number of thiophene rings is 1. The summed E-state index contributed by atoms with van der Waals surface area (Å²) in [5.41, 5.74) is 1.48. The topological polar surface area (TPSA) is 44.0 Å². The van der Waals surface area contributed by atoms with Gasteiger partial charge in [0.1, 0.15) is 11.8 Å². The molecule has 0 aliphatic rings. The molecule has 0 radical (unpaired) electrons. The number of rotatable bonds is 1. The minimum atomic E-state index is 0.0561. The van der Waals surface area contributed by atoms with E-state index in [0.717, 1.165) is 21.0 Å². The number of benzene rings is 1. The average molecular weight is 268 g/mol. The van der Waals surface area contributed by atoms with Crippen LogP contribution in [0.2, 0.25) is 0 Å². The van der Waals surface area contributed by atoms with Gasteiger partial charge in [0, 0.05) is 15.4 Å². The number of phenols is 1. The predicted octanol–water partition coefficient (Wildman–Crippen LogP) is 3.37. The summed E-state index contributed by atoms with van der Waals surface area (Å²) in [6.45, 7) is 0. The van der Waals surface area contributed by atoms with Crippen molar-refractivity contribution >= 4 is 37.4 Å². The van der Waals surface area contributed by atoms with Gasteiger partial charge in [-0.3, -0.25) is 0 Å². The molecule has 2 rings (SSSR count). The van der Waals surface area contributed by atoms with E-state index >= 15 is 0 Å². The quantitative estimate of drug-likeness (QED) is 0.806. The first-order chi connectivity index (χ1) is 6.76. The molecule has 0 aliphatic carbocycles. The van der Waals surface area contributed by atoms with Gasteiger partial charge in [-0.1, -0.05) is 15.9 Å². The maximum Gasteiger partial charge on any atom is 0.134 e. The molecule has 1 aromatic carbocycles. The van der Waals surface area contributed by atoms with Crippen LogP contribution in [0.4, 0.5) is 0 Å². The molecule has 0 bridgehead atoms. The second-order valence-electron chi connectivity index (χ2n) is 2.87. The van der Waals surface area contributed by atoms with E-state index in [-0.39, 0.29) is 5.75 Å². The van der Waals surface area contributed by atoms with Gasteiger partial charge in [0.15, 0.2) is 0 Å². The summed E-state index contributed by atoms with van der Waals surface area (Å²) in [4.78, 5) is 0. The van der Waals surface area contributed by atoms with Crippen molar-refractivity contribution in [2.24, 2.45) is 0 Å². The lowest BCUT2D eigenvalue weighted by Gasteiger charge is -1.97. The molecule has 2 aromatic rings. The highest BCUT2D eigenvalue weighted by atomic mass is 79.9. The molecule has 1 N–H and O–H groups in total. The number of hydrogen-bond donors (Lipinski definition) is 1. The number of halogens is 1. The van der Waals surface area contributed by atoms with Gasteiger partial charge >= 0.3 is 0 Å². The van der Waals surface area contributed by atoms with E-state index in [0.29, 0.717) is 5.56 Å². The zero-order chi connectivity index (χ0) is 10.1. The predicted molar refractivity (Wildman–Crippen MR) is 60.8 cm³/mol. The molecule has 1 aromatic heterocycles. The van der Waals surface area contributed by atoms with Crippen LogP contribution in [0.25, 0.3) is 10.1 Å². The van der Waals surface area contributed by atoms with Gasteiger partial charge in [-0.15, -0.1) is 11.3 Å². The Morgan fingerprint density at radius 1 is 1.50 bits per heavy atom. The standard InChI is InChI=1S/C10H6BrNOS/c11-3-7-5-14-10-1-6(4-12)9(13)2-8(7)10/h1-2,5,13H,3H2. The second kappa shape index (κ2) is 3.60. The lowest BCUT2D eigenvalue weighted by atomic mass is 10.1. The maximum absolute atomic E-state index is 9.51. The van der Waals surface area contributed by atoms with E-state index in [1.54, 1.807) is 23.5 Å². The first kappa shape index (κ1) is 9.50. The summed E-state index contributed by atoms with van der Waals surface area (Å²) in [7, 11) is 0. The van der Waals surface area contributed by atoms with Gasteiger partial charge in [0.2, 0.25) is 0 Å². The Morgan fingerprint density at radius 3 is 2.93 bits per heavy atom. The minimum Gasteiger partial charge on any atom is -0.507 e. The number of aromatic hydroxyl groups is 1. The molecule has 0 spiro atoms. The SMILES string of the molecule is N#Cc1cc2scc(CBr)c2cc1O. The van der Waals surface area contributed by atoms with Crippen molar-refractivity contribution in [1.29, 1.82) is 5.26 Å². The molecule has 0 unspecified atom stereocenters. The monoisotopic (exact) mass is 267 g/mol. The molecule has 4 heteroatoms. The smallest absolute Gasteiger partial charge is 0.134 e. The molecule has 0 atom stereocenters. The van der Waals surface area contributed by atoms with Crippen LogP contribution in [-0.2, 0) is 5.33 Å². The van der Waals surface area contributed by atoms with Gasteiger partial charge in [-0.25, -0.2) is 0 Å². The number of phenolic OH excluding ortho intramolecular Hbond substituents is 1.